The number of hydrogen-bond acceptors (Lipinski definition) is 4. The Morgan fingerprint density at radius 3 is 2.76 bits per heavy atom. The van der Waals surface area contributed by atoms with E-state index in [9.17, 15) is 14.9 Å². The lowest BCUT2D eigenvalue weighted by Gasteiger charge is -2.26. The first kappa shape index (κ1) is 11.5. The van der Waals surface area contributed by atoms with Crippen LogP contribution in [0.5, 0.6) is 0 Å². The van der Waals surface area contributed by atoms with Crippen LogP contribution in [-0.2, 0) is 4.74 Å². The SMILES string of the molecule is Cc1ccc([N+](=O)[O-])cc1C(=O)NC1COC1. The predicted molar refractivity (Wildman–Crippen MR) is 59.9 cm³/mol. The fourth-order valence-corrected chi connectivity index (χ4v) is 1.55. The fourth-order valence-electron chi connectivity index (χ4n) is 1.55. The van der Waals surface area contributed by atoms with E-state index in [4.69, 9.17) is 4.74 Å². The van der Waals surface area contributed by atoms with Gasteiger partial charge in [-0.1, -0.05) is 6.07 Å². The van der Waals surface area contributed by atoms with Gasteiger partial charge in [0.15, 0.2) is 0 Å². The average molecular weight is 236 g/mol. The van der Waals surface area contributed by atoms with Gasteiger partial charge in [0.05, 0.1) is 24.2 Å². The van der Waals surface area contributed by atoms with Crippen molar-refractivity contribution in [3.8, 4) is 0 Å². The number of carbonyl (C=O) groups is 1. The summed E-state index contributed by atoms with van der Waals surface area (Å²) < 4.78 is 4.94. The number of carbonyl (C=O) groups excluding carboxylic acids is 1. The molecule has 1 aromatic carbocycles. The van der Waals surface area contributed by atoms with Gasteiger partial charge < -0.3 is 10.1 Å². The Morgan fingerprint density at radius 2 is 2.24 bits per heavy atom. The average Bonchev–Trinajstić information content (AvgIpc) is 2.23. The molecule has 1 N–H and O–H groups in total. The molecule has 1 amide bonds. The summed E-state index contributed by atoms with van der Waals surface area (Å²) in [5.74, 6) is -0.292. The maximum absolute atomic E-state index is 11.9. The highest BCUT2D eigenvalue weighted by molar-refractivity contribution is 5.96. The summed E-state index contributed by atoms with van der Waals surface area (Å²) in [4.78, 5) is 22.0. The Balaban J connectivity index is 2.20. The van der Waals surface area contributed by atoms with E-state index in [1.54, 1.807) is 13.0 Å². The molecule has 0 unspecified atom stereocenters. The number of aryl methyl sites for hydroxylation is 1. The Bertz CT molecular complexity index is 469. The molecule has 2 rings (SSSR count). The van der Waals surface area contributed by atoms with Gasteiger partial charge in [0.25, 0.3) is 11.6 Å². The van der Waals surface area contributed by atoms with Gasteiger partial charge in [0.1, 0.15) is 0 Å². The standard InChI is InChI=1S/C11H12N2O4/c1-7-2-3-9(13(15)16)4-10(7)11(14)12-8-5-17-6-8/h2-4,8H,5-6H2,1H3,(H,12,14). The Labute approximate surface area is 97.7 Å². The predicted octanol–water partition coefficient (Wildman–Crippen LogP) is 1.03. The van der Waals surface area contributed by atoms with Crippen molar-refractivity contribution in [3.63, 3.8) is 0 Å². The summed E-state index contributed by atoms with van der Waals surface area (Å²) in [7, 11) is 0. The van der Waals surface area contributed by atoms with Crippen LogP contribution in [0.2, 0.25) is 0 Å². The molecule has 1 aliphatic rings. The third-order valence-corrected chi connectivity index (χ3v) is 2.65. The molecule has 0 aliphatic carbocycles. The number of benzene rings is 1. The Morgan fingerprint density at radius 1 is 1.53 bits per heavy atom. The van der Waals surface area contributed by atoms with Crippen molar-refractivity contribution >= 4 is 11.6 Å². The van der Waals surface area contributed by atoms with Gasteiger partial charge >= 0.3 is 0 Å². The topological polar surface area (TPSA) is 81.5 Å². The van der Waals surface area contributed by atoms with E-state index in [1.165, 1.54) is 12.1 Å². The summed E-state index contributed by atoms with van der Waals surface area (Å²) in [6.45, 7) is 2.75. The highest BCUT2D eigenvalue weighted by atomic mass is 16.6. The molecule has 0 aromatic heterocycles. The third-order valence-electron chi connectivity index (χ3n) is 2.65. The zero-order valence-corrected chi connectivity index (χ0v) is 9.30. The van der Waals surface area contributed by atoms with Crippen LogP contribution in [0.3, 0.4) is 0 Å². The van der Waals surface area contributed by atoms with E-state index in [0.29, 0.717) is 24.3 Å². The molecule has 1 saturated heterocycles. The van der Waals surface area contributed by atoms with Crippen molar-refractivity contribution < 1.29 is 14.5 Å². The molecule has 0 saturated carbocycles. The van der Waals surface area contributed by atoms with Gasteiger partial charge in [-0.15, -0.1) is 0 Å². The lowest BCUT2D eigenvalue weighted by Crippen LogP contribution is -2.48. The highest BCUT2D eigenvalue weighted by Gasteiger charge is 2.22. The summed E-state index contributed by atoms with van der Waals surface area (Å²) in [5.41, 5.74) is 0.977. The number of ether oxygens (including phenoxy) is 1. The van der Waals surface area contributed by atoms with Gasteiger partial charge in [-0.05, 0) is 12.5 Å². The molecule has 6 heteroatoms. The Kier molecular flexibility index (Phi) is 3.06. The van der Waals surface area contributed by atoms with E-state index in [-0.39, 0.29) is 17.6 Å². The van der Waals surface area contributed by atoms with Crippen molar-refractivity contribution in [1.82, 2.24) is 5.32 Å². The second-order valence-electron chi connectivity index (χ2n) is 3.96. The largest absolute Gasteiger partial charge is 0.377 e. The summed E-state index contributed by atoms with van der Waals surface area (Å²) >= 11 is 0. The first-order chi connectivity index (χ1) is 8.08. The molecular formula is C11H12N2O4. The van der Waals surface area contributed by atoms with E-state index in [2.05, 4.69) is 5.32 Å². The van der Waals surface area contributed by atoms with Gasteiger partial charge in [-0.3, -0.25) is 14.9 Å². The molecule has 0 bridgehead atoms. The molecule has 0 spiro atoms. The maximum atomic E-state index is 11.9. The Hall–Kier alpha value is -1.95. The van der Waals surface area contributed by atoms with Crippen LogP contribution >= 0.6 is 0 Å². The van der Waals surface area contributed by atoms with Crippen LogP contribution in [0.25, 0.3) is 0 Å². The lowest BCUT2D eigenvalue weighted by atomic mass is 10.1. The zero-order chi connectivity index (χ0) is 12.4. The normalized spacial score (nSPS) is 15.1. The van der Waals surface area contributed by atoms with E-state index in [1.807, 2.05) is 0 Å². The first-order valence-electron chi connectivity index (χ1n) is 5.21. The highest BCUT2D eigenvalue weighted by Crippen LogP contribution is 2.17. The summed E-state index contributed by atoms with van der Waals surface area (Å²) in [5, 5.41) is 13.4. The summed E-state index contributed by atoms with van der Waals surface area (Å²) in [6, 6.07) is 4.27. The molecule has 90 valence electrons. The number of nitro benzene ring substituents is 1. The smallest absolute Gasteiger partial charge is 0.270 e. The van der Waals surface area contributed by atoms with Crippen molar-refractivity contribution in [2.24, 2.45) is 0 Å². The number of non-ortho nitro benzene ring substituents is 1. The molecule has 1 heterocycles. The van der Waals surface area contributed by atoms with Crippen LogP contribution in [0, 0.1) is 17.0 Å². The van der Waals surface area contributed by atoms with E-state index < -0.39 is 4.92 Å². The van der Waals surface area contributed by atoms with E-state index in [0.717, 1.165) is 0 Å². The van der Waals surface area contributed by atoms with Crippen LogP contribution in [0.1, 0.15) is 15.9 Å². The third kappa shape index (κ3) is 2.42. The second kappa shape index (κ2) is 4.50. The van der Waals surface area contributed by atoms with Crippen molar-refractivity contribution in [1.29, 1.82) is 0 Å². The molecule has 0 radical (unpaired) electrons. The van der Waals surface area contributed by atoms with Gasteiger partial charge in [-0.2, -0.15) is 0 Å². The van der Waals surface area contributed by atoms with Crippen LogP contribution < -0.4 is 5.32 Å². The van der Waals surface area contributed by atoms with Crippen molar-refractivity contribution in [2.45, 2.75) is 13.0 Å². The molecule has 1 aromatic rings. The minimum atomic E-state index is -0.511. The fraction of sp³-hybridized carbons (Fsp3) is 0.364. The molecular weight excluding hydrogens is 224 g/mol. The van der Waals surface area contributed by atoms with Crippen molar-refractivity contribution in [2.75, 3.05) is 13.2 Å². The molecule has 1 aliphatic heterocycles. The summed E-state index contributed by atoms with van der Waals surface area (Å²) in [6.07, 6.45) is 0. The molecule has 0 atom stereocenters. The van der Waals surface area contributed by atoms with Crippen LogP contribution in [-0.4, -0.2) is 30.1 Å². The number of rotatable bonds is 3. The van der Waals surface area contributed by atoms with Gasteiger partial charge in [0.2, 0.25) is 0 Å². The maximum Gasteiger partial charge on any atom is 0.270 e. The first-order valence-corrected chi connectivity index (χ1v) is 5.21. The van der Waals surface area contributed by atoms with E-state index >= 15 is 0 Å². The molecule has 6 nitrogen and oxygen atoms in total. The van der Waals surface area contributed by atoms with Crippen LogP contribution in [0.15, 0.2) is 18.2 Å². The monoisotopic (exact) mass is 236 g/mol. The van der Waals surface area contributed by atoms with Crippen LogP contribution in [0.4, 0.5) is 5.69 Å². The van der Waals surface area contributed by atoms with Gasteiger partial charge in [-0.25, -0.2) is 0 Å². The number of hydrogen-bond donors (Lipinski definition) is 1. The second-order valence-corrected chi connectivity index (χ2v) is 3.96. The van der Waals surface area contributed by atoms with Gasteiger partial charge in [0, 0.05) is 17.7 Å². The minimum Gasteiger partial charge on any atom is -0.377 e. The zero-order valence-electron chi connectivity index (χ0n) is 9.30. The number of nitro groups is 1. The number of amides is 1. The quantitative estimate of drug-likeness (QED) is 0.627. The van der Waals surface area contributed by atoms with Crippen molar-refractivity contribution in [3.05, 3.63) is 39.4 Å². The minimum absolute atomic E-state index is 0.0150. The lowest BCUT2D eigenvalue weighted by molar-refractivity contribution is -0.384. The molecule has 17 heavy (non-hydrogen) atoms. The number of nitrogens with one attached hydrogen (secondary N) is 1. The number of nitrogens with zero attached hydrogens (tertiary/aromatic N) is 1. The molecule has 1 fully saturated rings.